The zero-order valence-electron chi connectivity index (χ0n) is 9.84. The van der Waals surface area contributed by atoms with Gasteiger partial charge in [0.2, 0.25) is 0 Å². The normalized spacial score (nSPS) is 19.9. The fraction of sp³-hybridized carbons (Fsp3) is 0.308. The molecule has 18 heavy (non-hydrogen) atoms. The van der Waals surface area contributed by atoms with Gasteiger partial charge in [-0.25, -0.2) is 4.79 Å². The van der Waals surface area contributed by atoms with E-state index in [0.29, 0.717) is 29.9 Å². The minimum Gasteiger partial charge on any atom is -0.465 e. The van der Waals surface area contributed by atoms with Gasteiger partial charge in [0.1, 0.15) is 11.8 Å². The van der Waals surface area contributed by atoms with Gasteiger partial charge in [-0.15, -0.1) is 0 Å². The Morgan fingerprint density at radius 1 is 1.28 bits per heavy atom. The first-order chi connectivity index (χ1) is 8.77. The molecule has 1 aromatic rings. The van der Waals surface area contributed by atoms with Gasteiger partial charge in [-0.3, -0.25) is 0 Å². The zero-order chi connectivity index (χ0) is 12.6. The highest BCUT2D eigenvalue weighted by molar-refractivity contribution is 6.16. The second-order valence-electron chi connectivity index (χ2n) is 3.94. The summed E-state index contributed by atoms with van der Waals surface area (Å²) in [5, 5.41) is 0. The molecule has 0 saturated carbocycles. The summed E-state index contributed by atoms with van der Waals surface area (Å²) in [7, 11) is 1.33. The molecule has 2 aliphatic heterocycles. The number of benzene rings is 1. The van der Waals surface area contributed by atoms with Gasteiger partial charge < -0.3 is 18.9 Å². The first-order valence-electron chi connectivity index (χ1n) is 5.61. The molecular formula is C13H12O5. The lowest BCUT2D eigenvalue weighted by molar-refractivity contribution is -0.320. The molecule has 1 saturated heterocycles. The van der Waals surface area contributed by atoms with E-state index in [1.807, 2.05) is 24.3 Å². The van der Waals surface area contributed by atoms with Crippen LogP contribution in [0.3, 0.4) is 0 Å². The predicted molar refractivity (Wildman–Crippen MR) is 61.1 cm³/mol. The maximum absolute atomic E-state index is 11.7. The van der Waals surface area contributed by atoms with Crippen molar-refractivity contribution in [1.82, 2.24) is 0 Å². The number of hydrogen-bond donors (Lipinski definition) is 0. The molecule has 0 radical (unpaired) electrons. The summed E-state index contributed by atoms with van der Waals surface area (Å²) in [5.74, 6) is -1.66. The van der Waals surface area contributed by atoms with Gasteiger partial charge in [0.05, 0.1) is 25.9 Å². The third-order valence-corrected chi connectivity index (χ3v) is 2.95. The minimum atomic E-state index is -1.21. The Bertz CT molecular complexity index is 514. The number of methoxy groups -OCH3 is 1. The molecule has 0 aromatic heterocycles. The van der Waals surface area contributed by atoms with Crippen molar-refractivity contribution >= 4 is 11.5 Å². The smallest absolute Gasteiger partial charge is 0.356 e. The molecule has 2 aliphatic rings. The molecule has 0 N–H and O–H groups in total. The van der Waals surface area contributed by atoms with Gasteiger partial charge in [0.15, 0.2) is 0 Å². The van der Waals surface area contributed by atoms with Gasteiger partial charge in [-0.2, -0.15) is 0 Å². The molecule has 1 aromatic carbocycles. The molecule has 1 spiro atoms. The summed E-state index contributed by atoms with van der Waals surface area (Å²) < 4.78 is 21.3. The summed E-state index contributed by atoms with van der Waals surface area (Å²) in [6, 6.07) is 7.31. The molecule has 5 nitrogen and oxygen atoms in total. The van der Waals surface area contributed by atoms with E-state index in [1.54, 1.807) is 0 Å². The van der Waals surface area contributed by atoms with Crippen LogP contribution in [0.1, 0.15) is 11.1 Å². The molecule has 2 heterocycles. The minimum absolute atomic E-state index is 0.359. The summed E-state index contributed by atoms with van der Waals surface area (Å²) in [6.45, 7) is 0.908. The van der Waals surface area contributed by atoms with Crippen molar-refractivity contribution < 1.29 is 23.7 Å². The Labute approximate surface area is 104 Å². The number of carbonyl (C=O) groups is 1. The maximum atomic E-state index is 11.7. The third kappa shape index (κ3) is 1.52. The predicted octanol–water partition coefficient (Wildman–Crippen LogP) is 1.39. The second-order valence-corrected chi connectivity index (χ2v) is 3.94. The van der Waals surface area contributed by atoms with Gasteiger partial charge >= 0.3 is 11.9 Å². The van der Waals surface area contributed by atoms with Gasteiger partial charge in [-0.1, -0.05) is 18.2 Å². The Hall–Kier alpha value is -1.85. The zero-order valence-corrected chi connectivity index (χ0v) is 9.84. The van der Waals surface area contributed by atoms with Crippen LogP contribution >= 0.6 is 0 Å². The summed E-state index contributed by atoms with van der Waals surface area (Å²) in [5.41, 5.74) is 1.75. The monoisotopic (exact) mass is 248 g/mol. The molecule has 0 unspecified atom stereocenters. The van der Waals surface area contributed by atoms with Crippen molar-refractivity contribution in [3.05, 3.63) is 41.7 Å². The van der Waals surface area contributed by atoms with Crippen LogP contribution in [0.4, 0.5) is 0 Å². The van der Waals surface area contributed by atoms with Crippen LogP contribution in [0.15, 0.2) is 30.5 Å². The lowest BCUT2D eigenvalue weighted by Gasteiger charge is -2.31. The highest BCUT2D eigenvalue weighted by atomic mass is 16.9. The van der Waals surface area contributed by atoms with Crippen molar-refractivity contribution in [3.63, 3.8) is 0 Å². The molecular weight excluding hydrogens is 236 g/mol. The highest BCUT2D eigenvalue weighted by Crippen LogP contribution is 2.41. The number of hydrogen-bond acceptors (Lipinski definition) is 5. The number of carbonyl (C=O) groups excluding carboxylic acids is 1. The molecule has 0 atom stereocenters. The Morgan fingerprint density at radius 3 is 2.72 bits per heavy atom. The fourth-order valence-corrected chi connectivity index (χ4v) is 2.13. The topological polar surface area (TPSA) is 54.0 Å². The molecule has 0 aliphatic carbocycles. The van der Waals surface area contributed by atoms with E-state index >= 15 is 0 Å². The van der Waals surface area contributed by atoms with Crippen LogP contribution in [-0.2, 0) is 29.7 Å². The van der Waals surface area contributed by atoms with Crippen LogP contribution in [0.5, 0.6) is 0 Å². The molecule has 94 valence electrons. The summed E-state index contributed by atoms with van der Waals surface area (Å²) in [6.07, 6.45) is 1.33. The van der Waals surface area contributed by atoms with Crippen molar-refractivity contribution in [2.45, 2.75) is 5.97 Å². The average molecular weight is 248 g/mol. The van der Waals surface area contributed by atoms with Crippen molar-refractivity contribution in [1.29, 1.82) is 0 Å². The van der Waals surface area contributed by atoms with E-state index in [2.05, 4.69) is 0 Å². The first-order valence-corrected chi connectivity index (χ1v) is 5.61. The molecule has 1 fully saturated rings. The van der Waals surface area contributed by atoms with Gasteiger partial charge in [0, 0.05) is 5.56 Å². The largest absolute Gasteiger partial charge is 0.465 e. The van der Waals surface area contributed by atoms with Crippen molar-refractivity contribution in [2.75, 3.05) is 20.3 Å². The van der Waals surface area contributed by atoms with Crippen LogP contribution < -0.4 is 0 Å². The van der Waals surface area contributed by atoms with E-state index in [0.717, 1.165) is 0 Å². The van der Waals surface area contributed by atoms with Crippen molar-refractivity contribution in [3.8, 4) is 0 Å². The molecule has 3 rings (SSSR count). The van der Waals surface area contributed by atoms with Crippen LogP contribution in [-0.4, -0.2) is 26.3 Å². The standard InChI is InChI=1S/C13H12O5/c1-15-12(14)10-8-18-13(16-6-7-17-13)11-5-3-2-4-9(10)11/h2-5,8H,6-7H2,1H3. The van der Waals surface area contributed by atoms with Crippen LogP contribution in [0.2, 0.25) is 0 Å². The van der Waals surface area contributed by atoms with E-state index in [1.165, 1.54) is 13.4 Å². The van der Waals surface area contributed by atoms with Crippen LogP contribution in [0, 0.1) is 0 Å². The van der Waals surface area contributed by atoms with Gasteiger partial charge in [-0.05, 0) is 6.07 Å². The fourth-order valence-electron chi connectivity index (χ4n) is 2.13. The Morgan fingerprint density at radius 2 is 2.00 bits per heavy atom. The third-order valence-electron chi connectivity index (χ3n) is 2.95. The van der Waals surface area contributed by atoms with E-state index < -0.39 is 11.9 Å². The quantitative estimate of drug-likeness (QED) is 0.703. The number of rotatable bonds is 1. The number of esters is 1. The van der Waals surface area contributed by atoms with Gasteiger partial charge in [0.25, 0.3) is 0 Å². The Balaban J connectivity index is 2.11. The average Bonchev–Trinajstić information content (AvgIpc) is 2.88. The highest BCUT2D eigenvalue weighted by Gasteiger charge is 2.46. The second kappa shape index (κ2) is 4.12. The summed E-state index contributed by atoms with van der Waals surface area (Å²) in [4.78, 5) is 11.7. The lowest BCUT2D eigenvalue weighted by Crippen LogP contribution is -2.33. The van der Waals surface area contributed by atoms with E-state index in [4.69, 9.17) is 18.9 Å². The molecule has 5 heteroatoms. The van der Waals surface area contributed by atoms with Crippen molar-refractivity contribution in [2.24, 2.45) is 0 Å². The number of fused-ring (bicyclic) bond motifs is 2. The SMILES string of the molecule is COC(=O)C1=COC2(OCCO2)c2ccccc21. The molecule has 0 bridgehead atoms. The Kier molecular flexibility index (Phi) is 2.57. The lowest BCUT2D eigenvalue weighted by atomic mass is 9.97. The number of ether oxygens (including phenoxy) is 4. The molecule has 0 amide bonds. The maximum Gasteiger partial charge on any atom is 0.356 e. The van der Waals surface area contributed by atoms with Crippen LogP contribution in [0.25, 0.3) is 5.57 Å². The van der Waals surface area contributed by atoms with E-state index in [-0.39, 0.29) is 0 Å². The first kappa shape index (κ1) is 11.3. The van der Waals surface area contributed by atoms with E-state index in [9.17, 15) is 4.79 Å². The summed E-state index contributed by atoms with van der Waals surface area (Å²) >= 11 is 0.